The summed E-state index contributed by atoms with van der Waals surface area (Å²) in [5.74, 6) is 1.51. The van der Waals surface area contributed by atoms with Crippen molar-refractivity contribution in [1.29, 1.82) is 0 Å². The fourth-order valence-electron chi connectivity index (χ4n) is 3.40. The van der Waals surface area contributed by atoms with Crippen molar-refractivity contribution in [2.75, 3.05) is 27.2 Å². The molecule has 0 bridgehead atoms. The van der Waals surface area contributed by atoms with Gasteiger partial charge in [-0.25, -0.2) is 0 Å². The third-order valence-corrected chi connectivity index (χ3v) is 5.23. The Morgan fingerprint density at radius 1 is 0.967 bits per heavy atom. The van der Waals surface area contributed by atoms with Crippen LogP contribution in [0.25, 0.3) is 5.69 Å². The average Bonchev–Trinajstić information content (AvgIpc) is 3.13. The molecule has 0 atom stereocenters. The number of nitrogens with zero attached hydrogens (tertiary/aromatic N) is 5. The van der Waals surface area contributed by atoms with Gasteiger partial charge >= 0.3 is 0 Å². The Labute approximate surface area is 183 Å². The van der Waals surface area contributed by atoms with Gasteiger partial charge in [-0.15, -0.1) is 10.2 Å². The molecule has 0 amide bonds. The highest BCUT2D eigenvalue weighted by atomic mass is 35.5. The Balaban J connectivity index is 2.16. The van der Waals surface area contributed by atoms with Crippen LogP contribution < -0.4 is 0 Å². The van der Waals surface area contributed by atoms with Gasteiger partial charge < -0.3 is 4.90 Å². The summed E-state index contributed by atoms with van der Waals surface area (Å²) in [7, 11) is 3.97. The summed E-state index contributed by atoms with van der Waals surface area (Å²) >= 11 is 6.29. The average molecular weight is 426 g/mol. The van der Waals surface area contributed by atoms with Crippen molar-refractivity contribution in [2.24, 2.45) is 0 Å². The molecule has 2 aromatic carbocycles. The van der Waals surface area contributed by atoms with E-state index in [1.807, 2.05) is 60.0 Å². The van der Waals surface area contributed by atoms with Crippen molar-refractivity contribution in [3.63, 3.8) is 0 Å². The Bertz CT molecular complexity index is 996. The molecule has 7 heteroatoms. The molecule has 30 heavy (non-hydrogen) atoms. The van der Waals surface area contributed by atoms with Gasteiger partial charge in [0.2, 0.25) is 0 Å². The standard InChI is InChI=1S/C23H28ClN5O/c1-5-28(6-2)16-22-26-25-21(15-27(3)4)29(22)20-13-12-18(24)14-19(20)23(30)17-10-8-7-9-11-17/h7-14H,5-6,15-16H2,1-4H3. The van der Waals surface area contributed by atoms with E-state index in [0.29, 0.717) is 29.2 Å². The molecule has 1 aromatic heterocycles. The van der Waals surface area contributed by atoms with Gasteiger partial charge in [-0.05, 0) is 45.4 Å². The first-order chi connectivity index (χ1) is 14.4. The minimum absolute atomic E-state index is 0.0774. The summed E-state index contributed by atoms with van der Waals surface area (Å²) in [4.78, 5) is 17.7. The van der Waals surface area contributed by atoms with Crippen molar-refractivity contribution < 1.29 is 4.79 Å². The predicted molar refractivity (Wildman–Crippen MR) is 120 cm³/mol. The van der Waals surface area contributed by atoms with E-state index >= 15 is 0 Å². The van der Waals surface area contributed by atoms with E-state index in [0.717, 1.165) is 30.4 Å². The van der Waals surface area contributed by atoms with Gasteiger partial charge in [-0.1, -0.05) is 55.8 Å². The quantitative estimate of drug-likeness (QED) is 0.484. The largest absolute Gasteiger partial charge is 0.302 e. The Morgan fingerprint density at radius 3 is 2.20 bits per heavy atom. The van der Waals surface area contributed by atoms with Gasteiger partial charge in [0, 0.05) is 16.1 Å². The summed E-state index contributed by atoms with van der Waals surface area (Å²) in [6.45, 7) is 7.31. The van der Waals surface area contributed by atoms with E-state index in [9.17, 15) is 4.79 Å². The van der Waals surface area contributed by atoms with Crippen molar-refractivity contribution in [3.8, 4) is 5.69 Å². The molecule has 1 heterocycles. The highest BCUT2D eigenvalue weighted by molar-refractivity contribution is 6.31. The predicted octanol–water partition coefficient (Wildman–Crippen LogP) is 4.06. The number of benzene rings is 2. The van der Waals surface area contributed by atoms with Crippen LogP contribution >= 0.6 is 11.6 Å². The number of carbonyl (C=O) groups is 1. The third-order valence-electron chi connectivity index (χ3n) is 4.99. The minimum atomic E-state index is -0.0774. The lowest BCUT2D eigenvalue weighted by atomic mass is 10.0. The maximum Gasteiger partial charge on any atom is 0.195 e. The zero-order valence-electron chi connectivity index (χ0n) is 18.0. The van der Waals surface area contributed by atoms with Gasteiger partial charge in [-0.2, -0.15) is 0 Å². The fourth-order valence-corrected chi connectivity index (χ4v) is 3.57. The van der Waals surface area contributed by atoms with Crippen molar-refractivity contribution in [3.05, 3.63) is 76.3 Å². The van der Waals surface area contributed by atoms with Crippen molar-refractivity contribution in [2.45, 2.75) is 26.9 Å². The van der Waals surface area contributed by atoms with Gasteiger partial charge in [0.15, 0.2) is 17.4 Å². The maximum absolute atomic E-state index is 13.4. The Morgan fingerprint density at radius 2 is 1.60 bits per heavy atom. The normalized spacial score (nSPS) is 11.4. The molecule has 0 saturated heterocycles. The maximum atomic E-state index is 13.4. The zero-order valence-corrected chi connectivity index (χ0v) is 18.7. The second-order valence-corrected chi connectivity index (χ2v) is 7.86. The smallest absolute Gasteiger partial charge is 0.195 e. The summed E-state index contributed by atoms with van der Waals surface area (Å²) in [5.41, 5.74) is 1.90. The third kappa shape index (κ3) is 4.95. The van der Waals surface area contributed by atoms with Crippen LogP contribution in [-0.4, -0.2) is 57.5 Å². The molecule has 0 aliphatic rings. The molecule has 0 saturated carbocycles. The molecule has 158 valence electrons. The topological polar surface area (TPSA) is 54.3 Å². The van der Waals surface area contributed by atoms with Crippen LogP contribution in [-0.2, 0) is 13.1 Å². The van der Waals surface area contributed by atoms with Gasteiger partial charge in [0.25, 0.3) is 0 Å². The first-order valence-electron chi connectivity index (χ1n) is 10.1. The van der Waals surface area contributed by atoms with E-state index in [1.165, 1.54) is 0 Å². The number of halogens is 1. The first-order valence-corrected chi connectivity index (χ1v) is 10.5. The SMILES string of the molecule is CCN(CC)Cc1nnc(CN(C)C)n1-c1ccc(Cl)cc1C(=O)c1ccccc1. The van der Waals surface area contributed by atoms with Crippen molar-refractivity contribution >= 4 is 17.4 Å². The number of rotatable bonds is 9. The van der Waals surface area contributed by atoms with E-state index in [1.54, 1.807) is 12.1 Å². The van der Waals surface area contributed by atoms with Crippen molar-refractivity contribution in [1.82, 2.24) is 24.6 Å². The Hall–Kier alpha value is -2.54. The zero-order chi connectivity index (χ0) is 21.7. The summed E-state index contributed by atoms with van der Waals surface area (Å²) in [5, 5.41) is 9.45. The van der Waals surface area contributed by atoms with Crippen LogP contribution in [0.1, 0.15) is 41.4 Å². The molecule has 6 nitrogen and oxygen atoms in total. The number of hydrogen-bond donors (Lipinski definition) is 0. The number of carbonyl (C=O) groups excluding carboxylic acids is 1. The molecule has 0 radical (unpaired) electrons. The molecule has 0 aliphatic carbocycles. The lowest BCUT2D eigenvalue weighted by Crippen LogP contribution is -2.25. The van der Waals surface area contributed by atoms with Gasteiger partial charge in [-0.3, -0.25) is 14.3 Å². The van der Waals surface area contributed by atoms with E-state index in [4.69, 9.17) is 11.6 Å². The minimum Gasteiger partial charge on any atom is -0.302 e. The lowest BCUT2D eigenvalue weighted by Gasteiger charge is -2.20. The number of ketones is 1. The summed E-state index contributed by atoms with van der Waals surface area (Å²) in [6, 6.07) is 14.7. The molecule has 3 aromatic rings. The van der Waals surface area contributed by atoms with Crippen LogP contribution in [0, 0.1) is 0 Å². The van der Waals surface area contributed by atoms with E-state index in [2.05, 4.69) is 28.9 Å². The highest BCUT2D eigenvalue weighted by Crippen LogP contribution is 2.25. The van der Waals surface area contributed by atoms with Crippen LogP contribution in [0.4, 0.5) is 0 Å². The number of hydrogen-bond acceptors (Lipinski definition) is 5. The van der Waals surface area contributed by atoms with E-state index < -0.39 is 0 Å². The second-order valence-electron chi connectivity index (χ2n) is 7.42. The first kappa shape index (κ1) is 22.2. The van der Waals surface area contributed by atoms with Crippen LogP contribution in [0.3, 0.4) is 0 Å². The summed E-state index contributed by atoms with van der Waals surface area (Å²) < 4.78 is 2.00. The highest BCUT2D eigenvalue weighted by Gasteiger charge is 2.22. The fraction of sp³-hybridized carbons (Fsp3) is 0.348. The Kier molecular flexibility index (Phi) is 7.37. The van der Waals surface area contributed by atoms with Crippen LogP contribution in [0.2, 0.25) is 5.02 Å². The summed E-state index contributed by atoms with van der Waals surface area (Å²) in [6.07, 6.45) is 0. The van der Waals surface area contributed by atoms with Gasteiger partial charge in [0.1, 0.15) is 0 Å². The lowest BCUT2D eigenvalue weighted by molar-refractivity contribution is 0.103. The molecule has 0 unspecified atom stereocenters. The molecule has 0 N–H and O–H groups in total. The van der Waals surface area contributed by atoms with Crippen LogP contribution in [0.5, 0.6) is 0 Å². The van der Waals surface area contributed by atoms with Crippen LogP contribution in [0.15, 0.2) is 48.5 Å². The molecule has 0 aliphatic heterocycles. The monoisotopic (exact) mass is 425 g/mol. The molecular formula is C23H28ClN5O. The molecule has 0 spiro atoms. The molecule has 0 fully saturated rings. The molecule has 3 rings (SSSR count). The molecular weight excluding hydrogens is 398 g/mol. The number of aromatic nitrogens is 3. The second kappa shape index (κ2) is 9.98. The van der Waals surface area contributed by atoms with Gasteiger partial charge in [0.05, 0.1) is 18.8 Å². The van der Waals surface area contributed by atoms with E-state index in [-0.39, 0.29) is 5.78 Å².